The Morgan fingerprint density at radius 1 is 1.22 bits per heavy atom. The fourth-order valence-electron chi connectivity index (χ4n) is 2.06. The van der Waals surface area contributed by atoms with Gasteiger partial charge in [0.05, 0.1) is 5.69 Å². The highest BCUT2D eigenvalue weighted by molar-refractivity contribution is 6.30. The fourth-order valence-corrected chi connectivity index (χ4v) is 2.22. The van der Waals surface area contributed by atoms with Crippen molar-refractivity contribution in [1.82, 2.24) is 4.98 Å². The van der Waals surface area contributed by atoms with Crippen LogP contribution in [0.2, 0.25) is 5.02 Å². The van der Waals surface area contributed by atoms with Crippen molar-refractivity contribution in [1.29, 1.82) is 0 Å². The quantitative estimate of drug-likeness (QED) is 0.793. The molecule has 0 saturated heterocycles. The molecule has 1 fully saturated rings. The Morgan fingerprint density at radius 3 is 2.67 bits per heavy atom. The van der Waals surface area contributed by atoms with Gasteiger partial charge in [0.1, 0.15) is 5.82 Å². The number of nitrogens with zero attached hydrogens (tertiary/aromatic N) is 1. The number of hydrogen-bond donors (Lipinski definition) is 0. The summed E-state index contributed by atoms with van der Waals surface area (Å²) in [6.45, 7) is 0. The molecule has 0 spiro atoms. The molecular formula is C15H13ClFN. The van der Waals surface area contributed by atoms with Crippen LogP contribution in [0.25, 0.3) is 11.3 Å². The van der Waals surface area contributed by atoms with E-state index in [0.29, 0.717) is 16.3 Å². The van der Waals surface area contributed by atoms with Crippen molar-refractivity contribution < 1.29 is 4.39 Å². The lowest BCUT2D eigenvalue weighted by Crippen LogP contribution is -1.92. The second-order valence-electron chi connectivity index (χ2n) is 4.82. The average molecular weight is 262 g/mol. The predicted molar refractivity (Wildman–Crippen MR) is 71.1 cm³/mol. The lowest BCUT2D eigenvalue weighted by molar-refractivity contribution is 0.631. The second kappa shape index (κ2) is 4.69. The molecule has 3 heteroatoms. The molecule has 1 saturated carbocycles. The van der Waals surface area contributed by atoms with Crippen LogP contribution >= 0.6 is 11.6 Å². The van der Waals surface area contributed by atoms with E-state index >= 15 is 0 Å². The highest BCUT2D eigenvalue weighted by Gasteiger charge is 2.21. The summed E-state index contributed by atoms with van der Waals surface area (Å²) in [5.74, 6) is 0.509. The molecule has 1 aromatic carbocycles. The van der Waals surface area contributed by atoms with Gasteiger partial charge < -0.3 is 0 Å². The number of pyridine rings is 1. The van der Waals surface area contributed by atoms with Gasteiger partial charge in [-0.2, -0.15) is 0 Å². The van der Waals surface area contributed by atoms with Gasteiger partial charge >= 0.3 is 0 Å². The number of hydrogen-bond acceptors (Lipinski definition) is 1. The largest absolute Gasteiger partial charge is 0.256 e. The minimum atomic E-state index is -0.329. The van der Waals surface area contributed by atoms with E-state index < -0.39 is 0 Å². The third-order valence-electron chi connectivity index (χ3n) is 3.25. The Labute approximate surface area is 111 Å². The average Bonchev–Trinajstić information content (AvgIpc) is 3.15. The van der Waals surface area contributed by atoms with E-state index in [1.807, 2.05) is 18.3 Å². The Balaban J connectivity index is 1.86. The first-order valence-corrected chi connectivity index (χ1v) is 6.50. The molecular weight excluding hydrogens is 249 g/mol. The van der Waals surface area contributed by atoms with Crippen LogP contribution in [0, 0.1) is 11.7 Å². The van der Waals surface area contributed by atoms with Gasteiger partial charge in [0.25, 0.3) is 0 Å². The predicted octanol–water partition coefficient (Wildman–Crippen LogP) is 4.49. The third kappa shape index (κ3) is 2.54. The van der Waals surface area contributed by atoms with Crippen LogP contribution in [0.1, 0.15) is 18.4 Å². The highest BCUT2D eigenvalue weighted by Crippen LogP contribution is 2.32. The van der Waals surface area contributed by atoms with Gasteiger partial charge in [-0.05, 0) is 55.0 Å². The van der Waals surface area contributed by atoms with Gasteiger partial charge in [0, 0.05) is 16.8 Å². The molecule has 92 valence electrons. The van der Waals surface area contributed by atoms with Crippen LogP contribution in [-0.4, -0.2) is 4.98 Å². The monoisotopic (exact) mass is 261 g/mol. The molecule has 0 amide bonds. The summed E-state index contributed by atoms with van der Waals surface area (Å²) in [5, 5.41) is 0.404. The molecule has 18 heavy (non-hydrogen) atoms. The SMILES string of the molecule is Fc1cc(Cl)ccc1-c1ccc(CC2CC2)cn1. The van der Waals surface area contributed by atoms with Crippen LogP contribution in [-0.2, 0) is 6.42 Å². The number of halogens is 2. The summed E-state index contributed by atoms with van der Waals surface area (Å²) in [6.07, 6.45) is 5.60. The molecule has 1 nitrogen and oxygen atoms in total. The van der Waals surface area contributed by atoms with E-state index in [0.717, 1.165) is 12.3 Å². The number of benzene rings is 1. The minimum absolute atomic E-state index is 0.329. The zero-order valence-corrected chi connectivity index (χ0v) is 10.6. The Kier molecular flexibility index (Phi) is 3.04. The first-order chi connectivity index (χ1) is 8.72. The van der Waals surface area contributed by atoms with Gasteiger partial charge in [0.2, 0.25) is 0 Å². The molecule has 0 bridgehead atoms. The van der Waals surface area contributed by atoms with E-state index in [9.17, 15) is 4.39 Å². The van der Waals surface area contributed by atoms with E-state index in [4.69, 9.17) is 11.6 Å². The molecule has 3 rings (SSSR count). The van der Waals surface area contributed by atoms with Crippen molar-refractivity contribution in [2.24, 2.45) is 5.92 Å². The normalized spacial score (nSPS) is 14.8. The molecule has 0 aliphatic heterocycles. The van der Waals surface area contributed by atoms with E-state index in [1.165, 1.54) is 24.5 Å². The molecule has 0 radical (unpaired) electrons. The molecule has 1 heterocycles. The molecule has 1 aliphatic carbocycles. The maximum absolute atomic E-state index is 13.7. The van der Waals surface area contributed by atoms with Gasteiger partial charge in [-0.25, -0.2) is 4.39 Å². The molecule has 0 N–H and O–H groups in total. The molecule has 1 aliphatic rings. The highest BCUT2D eigenvalue weighted by atomic mass is 35.5. The first-order valence-electron chi connectivity index (χ1n) is 6.13. The smallest absolute Gasteiger partial charge is 0.134 e. The van der Waals surface area contributed by atoms with Crippen molar-refractivity contribution in [3.05, 3.63) is 52.9 Å². The van der Waals surface area contributed by atoms with Gasteiger partial charge in [-0.1, -0.05) is 17.7 Å². The molecule has 2 aromatic rings. The van der Waals surface area contributed by atoms with E-state index in [2.05, 4.69) is 4.98 Å². The topological polar surface area (TPSA) is 12.9 Å². The summed E-state index contributed by atoms with van der Waals surface area (Å²) >= 11 is 5.73. The minimum Gasteiger partial charge on any atom is -0.256 e. The van der Waals surface area contributed by atoms with Crippen LogP contribution in [0.15, 0.2) is 36.5 Å². The third-order valence-corrected chi connectivity index (χ3v) is 3.49. The first kappa shape index (κ1) is 11.7. The maximum atomic E-state index is 13.7. The zero-order valence-electron chi connectivity index (χ0n) is 9.87. The fraction of sp³-hybridized carbons (Fsp3) is 0.267. The van der Waals surface area contributed by atoms with E-state index in [-0.39, 0.29) is 5.82 Å². The Morgan fingerprint density at radius 2 is 2.06 bits per heavy atom. The molecule has 0 atom stereocenters. The Hall–Kier alpha value is -1.41. The van der Waals surface area contributed by atoms with Gasteiger partial charge in [0.15, 0.2) is 0 Å². The van der Waals surface area contributed by atoms with Crippen molar-refractivity contribution in [3.8, 4) is 11.3 Å². The molecule has 0 unspecified atom stereocenters. The van der Waals surface area contributed by atoms with Crippen molar-refractivity contribution >= 4 is 11.6 Å². The summed E-state index contributed by atoms with van der Waals surface area (Å²) in [4.78, 5) is 4.34. The Bertz CT molecular complexity index is 561. The summed E-state index contributed by atoms with van der Waals surface area (Å²) in [5.41, 5.74) is 2.39. The van der Waals surface area contributed by atoms with Crippen molar-refractivity contribution in [3.63, 3.8) is 0 Å². The summed E-state index contributed by atoms with van der Waals surface area (Å²) in [7, 11) is 0. The van der Waals surface area contributed by atoms with Gasteiger partial charge in [-0.3, -0.25) is 4.98 Å². The molecule has 1 aromatic heterocycles. The van der Waals surface area contributed by atoms with Crippen LogP contribution < -0.4 is 0 Å². The number of rotatable bonds is 3. The number of aromatic nitrogens is 1. The second-order valence-corrected chi connectivity index (χ2v) is 5.26. The lowest BCUT2D eigenvalue weighted by atomic mass is 10.1. The zero-order chi connectivity index (χ0) is 12.5. The lowest BCUT2D eigenvalue weighted by Gasteiger charge is -2.04. The summed E-state index contributed by atoms with van der Waals surface area (Å²) in [6, 6.07) is 8.58. The van der Waals surface area contributed by atoms with Crippen LogP contribution in [0.3, 0.4) is 0 Å². The maximum Gasteiger partial charge on any atom is 0.134 e. The van der Waals surface area contributed by atoms with Gasteiger partial charge in [-0.15, -0.1) is 0 Å². The standard InChI is InChI=1S/C15H13ClFN/c16-12-4-5-13(14(17)8-12)15-6-3-11(9-18-15)7-10-1-2-10/h3-6,8-10H,1-2,7H2. The summed E-state index contributed by atoms with van der Waals surface area (Å²) < 4.78 is 13.7. The van der Waals surface area contributed by atoms with Crippen LogP contribution in [0.4, 0.5) is 4.39 Å². The van der Waals surface area contributed by atoms with E-state index in [1.54, 1.807) is 12.1 Å². The van der Waals surface area contributed by atoms with Crippen LogP contribution in [0.5, 0.6) is 0 Å². The van der Waals surface area contributed by atoms with Crippen molar-refractivity contribution in [2.45, 2.75) is 19.3 Å². The van der Waals surface area contributed by atoms with Crippen molar-refractivity contribution in [2.75, 3.05) is 0 Å².